The van der Waals surface area contributed by atoms with Crippen molar-refractivity contribution in [3.63, 3.8) is 0 Å². The minimum atomic E-state index is 0.675. The molecule has 0 fully saturated rings. The van der Waals surface area contributed by atoms with Gasteiger partial charge in [-0.15, -0.1) is 0 Å². The van der Waals surface area contributed by atoms with E-state index in [-0.39, 0.29) is 0 Å². The van der Waals surface area contributed by atoms with E-state index in [0.29, 0.717) is 6.42 Å². The third-order valence-electron chi connectivity index (χ3n) is 2.34. The molecule has 0 N–H and O–H groups in total. The molecule has 1 aromatic heterocycles. The Hall–Kier alpha value is -1.22. The normalized spacial score (nSPS) is 10.2. The van der Waals surface area contributed by atoms with Crippen LogP contribution >= 0.6 is 0 Å². The van der Waals surface area contributed by atoms with Crippen LogP contribution in [0, 0.1) is 0 Å². The zero-order valence-corrected chi connectivity index (χ0v) is 9.60. The summed E-state index contributed by atoms with van der Waals surface area (Å²) >= 11 is 0. The van der Waals surface area contributed by atoms with Crippen LogP contribution in [0.1, 0.15) is 31.4 Å². The quantitative estimate of drug-likeness (QED) is 0.475. The summed E-state index contributed by atoms with van der Waals surface area (Å²) < 4.78 is 5.49. The van der Waals surface area contributed by atoms with Gasteiger partial charge in [0.2, 0.25) is 0 Å². The summed E-state index contributed by atoms with van der Waals surface area (Å²) in [6.45, 7) is 1.51. The molecule has 16 heavy (non-hydrogen) atoms. The molecule has 1 aromatic rings. The third kappa shape index (κ3) is 6.30. The highest BCUT2D eigenvalue weighted by atomic mass is 16.5. The topological polar surface area (TPSA) is 39.2 Å². The van der Waals surface area contributed by atoms with Crippen LogP contribution in [0.15, 0.2) is 24.4 Å². The van der Waals surface area contributed by atoms with Crippen molar-refractivity contribution in [3.05, 3.63) is 30.1 Å². The number of aromatic nitrogens is 1. The van der Waals surface area contributed by atoms with Gasteiger partial charge in [-0.25, -0.2) is 0 Å². The summed E-state index contributed by atoms with van der Waals surface area (Å²) in [5.41, 5.74) is 1.07. The van der Waals surface area contributed by atoms with Crippen LogP contribution in [0.4, 0.5) is 0 Å². The van der Waals surface area contributed by atoms with Crippen molar-refractivity contribution in [1.29, 1.82) is 0 Å². The second kappa shape index (κ2) is 9.04. The molecule has 3 heteroatoms. The Morgan fingerprint density at radius 1 is 1.19 bits per heavy atom. The molecule has 1 heterocycles. The fraction of sp³-hybridized carbons (Fsp3) is 0.538. The van der Waals surface area contributed by atoms with E-state index in [1.807, 2.05) is 18.2 Å². The first-order valence-electron chi connectivity index (χ1n) is 5.85. The zero-order valence-electron chi connectivity index (χ0n) is 9.60. The first-order valence-corrected chi connectivity index (χ1v) is 5.85. The Balaban J connectivity index is 1.90. The standard InChI is InChI=1S/C13H19NO2/c15-10-5-1-2-6-11-16-12-8-13-7-3-4-9-14-13/h3-4,7,9-10H,1-2,5-6,8,11-12H2. The number of carbonyl (C=O) groups excluding carboxylic acids is 1. The number of nitrogens with zero attached hydrogens (tertiary/aromatic N) is 1. The van der Waals surface area contributed by atoms with Crippen molar-refractivity contribution < 1.29 is 9.53 Å². The average molecular weight is 221 g/mol. The molecular weight excluding hydrogens is 202 g/mol. The number of rotatable bonds is 9. The third-order valence-corrected chi connectivity index (χ3v) is 2.34. The summed E-state index contributed by atoms with van der Waals surface area (Å²) in [6, 6.07) is 5.91. The van der Waals surface area contributed by atoms with Gasteiger partial charge in [0.15, 0.2) is 0 Å². The molecule has 0 saturated carbocycles. The molecule has 0 aliphatic rings. The molecule has 0 atom stereocenters. The smallest absolute Gasteiger partial charge is 0.119 e. The summed E-state index contributed by atoms with van der Waals surface area (Å²) in [5.74, 6) is 0. The Morgan fingerprint density at radius 3 is 2.88 bits per heavy atom. The van der Waals surface area contributed by atoms with E-state index in [9.17, 15) is 4.79 Å². The van der Waals surface area contributed by atoms with Crippen LogP contribution in [0.3, 0.4) is 0 Å². The van der Waals surface area contributed by atoms with Gasteiger partial charge in [-0.1, -0.05) is 12.5 Å². The van der Waals surface area contributed by atoms with Crippen LogP contribution in [0.2, 0.25) is 0 Å². The number of ether oxygens (including phenoxy) is 1. The van der Waals surface area contributed by atoms with Gasteiger partial charge in [-0.3, -0.25) is 4.98 Å². The first kappa shape index (κ1) is 12.8. The highest BCUT2D eigenvalue weighted by Gasteiger charge is 1.94. The van der Waals surface area contributed by atoms with Gasteiger partial charge >= 0.3 is 0 Å². The van der Waals surface area contributed by atoms with Gasteiger partial charge in [0, 0.05) is 31.3 Å². The molecule has 0 amide bonds. The van der Waals surface area contributed by atoms with Crippen molar-refractivity contribution in [2.75, 3.05) is 13.2 Å². The molecule has 1 rings (SSSR count). The van der Waals surface area contributed by atoms with E-state index in [2.05, 4.69) is 4.98 Å². The SMILES string of the molecule is O=CCCCCCOCCc1ccccn1. The van der Waals surface area contributed by atoms with E-state index in [0.717, 1.165) is 50.9 Å². The number of aldehydes is 1. The lowest BCUT2D eigenvalue weighted by Gasteiger charge is -2.03. The minimum Gasteiger partial charge on any atom is -0.381 e. The summed E-state index contributed by atoms with van der Waals surface area (Å²) in [7, 11) is 0. The number of hydrogen-bond donors (Lipinski definition) is 0. The van der Waals surface area contributed by atoms with Crippen LogP contribution in [0.25, 0.3) is 0 Å². The monoisotopic (exact) mass is 221 g/mol. The van der Waals surface area contributed by atoms with Gasteiger partial charge in [-0.05, 0) is 25.0 Å². The highest BCUT2D eigenvalue weighted by molar-refractivity contribution is 5.48. The maximum absolute atomic E-state index is 10.1. The lowest BCUT2D eigenvalue weighted by Crippen LogP contribution is -2.01. The molecule has 0 radical (unpaired) electrons. The summed E-state index contributed by atoms with van der Waals surface area (Å²) in [6.07, 6.45) is 7.41. The van der Waals surface area contributed by atoms with Gasteiger partial charge in [0.25, 0.3) is 0 Å². The molecule has 0 aliphatic heterocycles. The second-order valence-electron chi connectivity index (χ2n) is 3.70. The van der Waals surface area contributed by atoms with E-state index in [1.54, 1.807) is 6.20 Å². The highest BCUT2D eigenvalue weighted by Crippen LogP contribution is 1.99. The van der Waals surface area contributed by atoms with Gasteiger partial charge in [0.05, 0.1) is 6.61 Å². The number of unbranched alkanes of at least 4 members (excludes halogenated alkanes) is 3. The summed E-state index contributed by atoms with van der Waals surface area (Å²) in [4.78, 5) is 14.3. The first-order chi connectivity index (χ1) is 7.93. The molecule has 0 saturated heterocycles. The van der Waals surface area contributed by atoms with Crippen LogP contribution < -0.4 is 0 Å². The molecule has 3 nitrogen and oxygen atoms in total. The molecule has 0 spiro atoms. The molecule has 0 unspecified atom stereocenters. The Kier molecular flexibility index (Phi) is 7.26. The fourth-order valence-electron chi connectivity index (χ4n) is 1.43. The molecular formula is C13H19NO2. The Morgan fingerprint density at radius 2 is 2.12 bits per heavy atom. The molecule has 0 aliphatic carbocycles. The van der Waals surface area contributed by atoms with Crippen molar-refractivity contribution in [1.82, 2.24) is 4.98 Å². The van der Waals surface area contributed by atoms with Crippen molar-refractivity contribution >= 4 is 6.29 Å². The van der Waals surface area contributed by atoms with E-state index >= 15 is 0 Å². The fourth-order valence-corrected chi connectivity index (χ4v) is 1.43. The second-order valence-corrected chi connectivity index (χ2v) is 3.70. The van der Waals surface area contributed by atoms with Gasteiger partial charge in [-0.2, -0.15) is 0 Å². The van der Waals surface area contributed by atoms with Crippen molar-refractivity contribution in [3.8, 4) is 0 Å². The van der Waals surface area contributed by atoms with Crippen LogP contribution in [0.5, 0.6) is 0 Å². The van der Waals surface area contributed by atoms with E-state index in [1.165, 1.54) is 0 Å². The lowest BCUT2D eigenvalue weighted by atomic mass is 10.2. The van der Waals surface area contributed by atoms with E-state index < -0.39 is 0 Å². The van der Waals surface area contributed by atoms with Gasteiger partial charge < -0.3 is 9.53 Å². The zero-order chi connectivity index (χ0) is 11.5. The largest absolute Gasteiger partial charge is 0.381 e. The number of pyridine rings is 1. The Labute approximate surface area is 96.8 Å². The maximum Gasteiger partial charge on any atom is 0.119 e. The lowest BCUT2D eigenvalue weighted by molar-refractivity contribution is -0.107. The summed E-state index contributed by atoms with van der Waals surface area (Å²) in [5, 5.41) is 0. The molecule has 88 valence electrons. The van der Waals surface area contributed by atoms with Crippen LogP contribution in [-0.2, 0) is 16.0 Å². The molecule has 0 bridgehead atoms. The van der Waals surface area contributed by atoms with E-state index in [4.69, 9.17) is 4.74 Å². The van der Waals surface area contributed by atoms with Crippen LogP contribution in [-0.4, -0.2) is 24.5 Å². The average Bonchev–Trinajstić information content (AvgIpc) is 2.34. The molecule has 0 aromatic carbocycles. The Bertz CT molecular complexity index is 275. The predicted molar refractivity (Wildman–Crippen MR) is 63.3 cm³/mol. The van der Waals surface area contributed by atoms with Crippen molar-refractivity contribution in [2.24, 2.45) is 0 Å². The van der Waals surface area contributed by atoms with Crippen molar-refractivity contribution in [2.45, 2.75) is 32.1 Å². The minimum absolute atomic E-state index is 0.675. The predicted octanol–water partition coefficient (Wildman–Crippen LogP) is 2.40. The number of carbonyl (C=O) groups is 1. The number of hydrogen-bond acceptors (Lipinski definition) is 3. The van der Waals surface area contributed by atoms with Gasteiger partial charge in [0.1, 0.15) is 6.29 Å². The maximum atomic E-state index is 10.1.